The fourth-order valence-corrected chi connectivity index (χ4v) is 3.26. The summed E-state index contributed by atoms with van der Waals surface area (Å²) in [5, 5.41) is 9.15. The Balaban J connectivity index is 1.75. The number of carbonyl (C=O) groups excluding carboxylic acids is 1. The maximum atomic E-state index is 13.7. The molecule has 23 heavy (non-hydrogen) atoms. The van der Waals surface area contributed by atoms with Gasteiger partial charge in [0.25, 0.3) is 11.1 Å². The largest absolute Gasteiger partial charge is 0.410 e. The quantitative estimate of drug-likeness (QED) is 0.502. The number of thiophene rings is 1. The van der Waals surface area contributed by atoms with Crippen LogP contribution in [0.5, 0.6) is 0 Å². The van der Waals surface area contributed by atoms with Gasteiger partial charge in [-0.15, -0.1) is 21.5 Å². The average molecular weight is 352 g/mol. The molecule has 0 amide bonds. The summed E-state index contributed by atoms with van der Waals surface area (Å²) in [5.74, 6) is -1.60. The Bertz CT molecular complexity index is 834. The molecule has 3 aromatic rings. The minimum atomic E-state index is -0.756. The standard InChI is InChI=1S/C15H10F2N2O2S2/c1-8(13(20)10-7-9(16)4-5-11(10)17)23-15-19-18-14(21-15)12-3-2-6-22-12/h2-8H,1H3. The van der Waals surface area contributed by atoms with Crippen LogP contribution in [0.25, 0.3) is 10.8 Å². The minimum absolute atomic E-state index is 0.200. The molecule has 0 aliphatic heterocycles. The van der Waals surface area contributed by atoms with Crippen molar-refractivity contribution in [2.45, 2.75) is 17.4 Å². The number of benzene rings is 1. The Hall–Kier alpha value is -2.06. The summed E-state index contributed by atoms with van der Waals surface area (Å²) in [4.78, 5) is 13.1. The maximum Gasteiger partial charge on any atom is 0.277 e. The van der Waals surface area contributed by atoms with Crippen molar-refractivity contribution < 1.29 is 18.0 Å². The molecule has 1 atom stereocenters. The highest BCUT2D eigenvalue weighted by molar-refractivity contribution is 8.00. The zero-order chi connectivity index (χ0) is 16.4. The van der Waals surface area contributed by atoms with Gasteiger partial charge in [0.15, 0.2) is 5.78 Å². The summed E-state index contributed by atoms with van der Waals surface area (Å²) in [7, 11) is 0. The van der Waals surface area contributed by atoms with Crippen LogP contribution < -0.4 is 0 Å². The molecule has 118 valence electrons. The predicted molar refractivity (Wildman–Crippen MR) is 83.6 cm³/mol. The summed E-state index contributed by atoms with van der Waals surface area (Å²) in [5.41, 5.74) is -0.289. The van der Waals surface area contributed by atoms with Gasteiger partial charge in [0.2, 0.25) is 0 Å². The summed E-state index contributed by atoms with van der Waals surface area (Å²) < 4.78 is 32.3. The third-order valence-corrected chi connectivity index (χ3v) is 4.77. The van der Waals surface area contributed by atoms with Crippen LogP contribution in [0.1, 0.15) is 17.3 Å². The van der Waals surface area contributed by atoms with Crippen molar-refractivity contribution >= 4 is 28.9 Å². The maximum absolute atomic E-state index is 13.7. The number of nitrogens with zero attached hydrogens (tertiary/aromatic N) is 2. The molecule has 3 rings (SSSR count). The number of halogens is 2. The van der Waals surface area contributed by atoms with Crippen LogP contribution in [0.15, 0.2) is 45.4 Å². The second-order valence-corrected chi connectivity index (χ2v) is 6.84. The van der Waals surface area contributed by atoms with Gasteiger partial charge < -0.3 is 4.42 Å². The normalized spacial score (nSPS) is 12.3. The van der Waals surface area contributed by atoms with Crippen LogP contribution in [0.4, 0.5) is 8.78 Å². The molecule has 2 aromatic heterocycles. The predicted octanol–water partition coefficient (Wildman–Crippen LogP) is 4.44. The monoisotopic (exact) mass is 352 g/mol. The third kappa shape index (κ3) is 3.48. The summed E-state index contributed by atoms with van der Waals surface area (Å²) >= 11 is 2.46. The number of rotatable bonds is 5. The molecule has 0 aliphatic rings. The van der Waals surface area contributed by atoms with E-state index in [1.54, 1.807) is 6.92 Å². The Labute approximate surface area is 138 Å². The highest BCUT2D eigenvalue weighted by Crippen LogP contribution is 2.30. The Morgan fingerprint density at radius 1 is 1.30 bits per heavy atom. The highest BCUT2D eigenvalue weighted by atomic mass is 32.2. The van der Waals surface area contributed by atoms with Crippen LogP contribution in [-0.2, 0) is 0 Å². The van der Waals surface area contributed by atoms with Crippen molar-refractivity contribution in [1.29, 1.82) is 0 Å². The van der Waals surface area contributed by atoms with Crippen LogP contribution in [0.3, 0.4) is 0 Å². The van der Waals surface area contributed by atoms with Gasteiger partial charge in [-0.05, 0) is 36.6 Å². The number of hydrogen-bond donors (Lipinski definition) is 0. The van der Waals surface area contributed by atoms with Gasteiger partial charge in [0.1, 0.15) is 11.6 Å². The van der Waals surface area contributed by atoms with Crippen molar-refractivity contribution in [3.63, 3.8) is 0 Å². The number of ketones is 1. The average Bonchev–Trinajstić information content (AvgIpc) is 3.19. The Morgan fingerprint density at radius 2 is 2.13 bits per heavy atom. The number of carbonyl (C=O) groups is 1. The van der Waals surface area contributed by atoms with E-state index in [2.05, 4.69) is 10.2 Å². The summed E-state index contributed by atoms with van der Waals surface area (Å²) in [6, 6.07) is 6.48. The second-order valence-electron chi connectivity index (χ2n) is 4.60. The molecule has 0 saturated heterocycles. The molecule has 0 N–H and O–H groups in total. The van der Waals surface area contributed by atoms with Gasteiger partial charge in [-0.3, -0.25) is 4.79 Å². The minimum Gasteiger partial charge on any atom is -0.410 e. The topological polar surface area (TPSA) is 56.0 Å². The van der Waals surface area contributed by atoms with Crippen LogP contribution in [0, 0.1) is 11.6 Å². The molecular formula is C15H10F2N2O2S2. The van der Waals surface area contributed by atoms with Crippen molar-refractivity contribution in [3.8, 4) is 10.8 Å². The van der Waals surface area contributed by atoms with E-state index in [1.165, 1.54) is 11.3 Å². The van der Waals surface area contributed by atoms with E-state index in [0.29, 0.717) is 5.89 Å². The molecule has 0 bridgehead atoms. The number of Topliss-reactive ketones (excluding diaryl/α,β-unsaturated/α-hetero) is 1. The van der Waals surface area contributed by atoms with E-state index in [1.807, 2.05) is 17.5 Å². The van der Waals surface area contributed by atoms with Crippen LogP contribution >= 0.6 is 23.1 Å². The zero-order valence-electron chi connectivity index (χ0n) is 11.8. The van der Waals surface area contributed by atoms with Gasteiger partial charge in [-0.1, -0.05) is 17.8 Å². The molecule has 0 fully saturated rings. The number of aromatic nitrogens is 2. The Morgan fingerprint density at radius 3 is 2.87 bits per heavy atom. The molecule has 2 heterocycles. The molecule has 4 nitrogen and oxygen atoms in total. The second kappa shape index (κ2) is 6.59. The van der Waals surface area contributed by atoms with Crippen molar-refractivity contribution in [1.82, 2.24) is 10.2 Å². The summed E-state index contributed by atoms with van der Waals surface area (Å²) in [6.45, 7) is 1.58. The van der Waals surface area contributed by atoms with E-state index in [9.17, 15) is 13.6 Å². The van der Waals surface area contributed by atoms with E-state index in [-0.39, 0.29) is 10.8 Å². The number of hydrogen-bond acceptors (Lipinski definition) is 6. The first-order chi connectivity index (χ1) is 11.0. The van der Waals surface area contributed by atoms with E-state index in [4.69, 9.17) is 4.42 Å². The SMILES string of the molecule is CC(Sc1nnc(-c2cccs2)o1)C(=O)c1cc(F)ccc1F. The van der Waals surface area contributed by atoms with Crippen molar-refractivity contribution in [2.75, 3.05) is 0 Å². The lowest BCUT2D eigenvalue weighted by molar-refractivity contribution is 0.0989. The molecule has 8 heteroatoms. The zero-order valence-corrected chi connectivity index (χ0v) is 13.5. The lowest BCUT2D eigenvalue weighted by Gasteiger charge is -2.08. The smallest absolute Gasteiger partial charge is 0.277 e. The van der Waals surface area contributed by atoms with Gasteiger partial charge in [0.05, 0.1) is 15.7 Å². The molecular weight excluding hydrogens is 342 g/mol. The van der Waals surface area contributed by atoms with Crippen LogP contribution in [-0.4, -0.2) is 21.2 Å². The third-order valence-electron chi connectivity index (χ3n) is 2.98. The molecule has 1 aromatic carbocycles. The Kier molecular flexibility index (Phi) is 4.53. The lowest BCUT2D eigenvalue weighted by atomic mass is 10.1. The van der Waals surface area contributed by atoms with Gasteiger partial charge in [0, 0.05) is 0 Å². The van der Waals surface area contributed by atoms with Crippen LogP contribution in [0.2, 0.25) is 0 Å². The summed E-state index contributed by atoms with van der Waals surface area (Å²) in [6.07, 6.45) is 0. The first kappa shape index (κ1) is 15.8. The lowest BCUT2D eigenvalue weighted by Crippen LogP contribution is -2.15. The molecule has 0 saturated carbocycles. The van der Waals surface area contributed by atoms with Gasteiger partial charge >= 0.3 is 0 Å². The van der Waals surface area contributed by atoms with Gasteiger partial charge in [-0.2, -0.15) is 0 Å². The van der Waals surface area contributed by atoms with E-state index >= 15 is 0 Å². The van der Waals surface area contributed by atoms with E-state index in [0.717, 1.165) is 34.8 Å². The van der Waals surface area contributed by atoms with E-state index < -0.39 is 22.7 Å². The van der Waals surface area contributed by atoms with Crippen molar-refractivity contribution in [3.05, 3.63) is 52.9 Å². The highest BCUT2D eigenvalue weighted by Gasteiger charge is 2.23. The molecule has 0 radical (unpaired) electrons. The molecule has 0 aliphatic carbocycles. The fraction of sp³-hybridized carbons (Fsp3) is 0.133. The molecule has 0 spiro atoms. The number of thioether (sulfide) groups is 1. The first-order valence-corrected chi connectivity index (χ1v) is 8.34. The van der Waals surface area contributed by atoms with Crippen molar-refractivity contribution in [2.24, 2.45) is 0 Å². The fourth-order valence-electron chi connectivity index (χ4n) is 1.87. The first-order valence-electron chi connectivity index (χ1n) is 6.58. The van der Waals surface area contributed by atoms with Gasteiger partial charge in [-0.25, -0.2) is 8.78 Å². The molecule has 1 unspecified atom stereocenters.